The first-order valence-corrected chi connectivity index (χ1v) is 7.09. The van der Waals surface area contributed by atoms with Crippen LogP contribution < -0.4 is 0 Å². The molecular formula is C11H12ClN3S2. The number of imidazole rings is 1. The van der Waals surface area contributed by atoms with E-state index >= 15 is 0 Å². The molecule has 0 unspecified atom stereocenters. The third kappa shape index (κ3) is 2.91. The lowest BCUT2D eigenvalue weighted by Crippen LogP contribution is -2.01. The first-order chi connectivity index (χ1) is 8.22. The van der Waals surface area contributed by atoms with Crippen LogP contribution in [0.1, 0.15) is 0 Å². The van der Waals surface area contributed by atoms with Crippen molar-refractivity contribution in [3.63, 3.8) is 0 Å². The molecule has 0 atom stereocenters. The number of rotatable bonds is 5. The van der Waals surface area contributed by atoms with Gasteiger partial charge in [-0.1, -0.05) is 17.7 Å². The van der Waals surface area contributed by atoms with Gasteiger partial charge in [0, 0.05) is 24.2 Å². The van der Waals surface area contributed by atoms with Crippen molar-refractivity contribution < 1.29 is 0 Å². The molecule has 0 saturated heterocycles. The lowest BCUT2D eigenvalue weighted by atomic mass is 10.4. The van der Waals surface area contributed by atoms with Crippen molar-refractivity contribution in [3.8, 4) is 0 Å². The second-order valence-corrected chi connectivity index (χ2v) is 5.44. The van der Waals surface area contributed by atoms with E-state index in [4.69, 9.17) is 23.8 Å². The van der Waals surface area contributed by atoms with Crippen molar-refractivity contribution in [2.24, 2.45) is 0 Å². The summed E-state index contributed by atoms with van der Waals surface area (Å²) in [5.74, 6) is 1.94. The Hall–Kier alpha value is -0.780. The number of hydrogen-bond acceptors (Lipinski definition) is 3. The van der Waals surface area contributed by atoms with Crippen molar-refractivity contribution in [2.45, 2.75) is 6.54 Å². The van der Waals surface area contributed by atoms with Crippen LogP contribution in [0.5, 0.6) is 0 Å². The van der Waals surface area contributed by atoms with E-state index in [0.29, 0.717) is 9.79 Å². The predicted octanol–water partition coefficient (Wildman–Crippen LogP) is 3.67. The molecule has 2 aromatic rings. The fraction of sp³-hybridized carbons (Fsp3) is 0.273. The zero-order valence-electron chi connectivity index (χ0n) is 9.15. The Kier molecular flexibility index (Phi) is 4.25. The van der Waals surface area contributed by atoms with Gasteiger partial charge in [0.25, 0.3) is 0 Å². The number of nitrogens with zero attached hydrogens (tertiary/aromatic N) is 2. The standard InChI is InChI=1S/C11H12ClN3S2/c1-2-4-17-5-3-15-10-9(14-11(15)16)6-8(12)7-13-10/h2,6-7H,1,3-5H2,(H,14,16). The zero-order chi connectivity index (χ0) is 12.3. The first-order valence-electron chi connectivity index (χ1n) is 5.15. The van der Waals surface area contributed by atoms with Crippen LogP contribution in [0.2, 0.25) is 5.02 Å². The van der Waals surface area contributed by atoms with Crippen LogP contribution in [0.25, 0.3) is 11.2 Å². The van der Waals surface area contributed by atoms with Crippen LogP contribution >= 0.6 is 35.6 Å². The van der Waals surface area contributed by atoms with Gasteiger partial charge in [0.1, 0.15) is 0 Å². The molecule has 0 radical (unpaired) electrons. The maximum atomic E-state index is 5.88. The molecule has 0 bridgehead atoms. The SMILES string of the molecule is C=CCSCCn1c(=S)[nH]c2cc(Cl)cnc21. The minimum Gasteiger partial charge on any atom is -0.329 e. The molecule has 2 heterocycles. The Morgan fingerprint density at radius 1 is 1.65 bits per heavy atom. The third-order valence-electron chi connectivity index (χ3n) is 2.27. The van der Waals surface area contributed by atoms with Gasteiger partial charge in [-0.3, -0.25) is 0 Å². The average molecular weight is 286 g/mol. The zero-order valence-corrected chi connectivity index (χ0v) is 11.5. The number of H-pyrrole nitrogens is 1. The van der Waals surface area contributed by atoms with E-state index in [9.17, 15) is 0 Å². The van der Waals surface area contributed by atoms with Crippen molar-refractivity contribution in [2.75, 3.05) is 11.5 Å². The number of aromatic amines is 1. The Morgan fingerprint density at radius 2 is 2.47 bits per heavy atom. The van der Waals surface area contributed by atoms with Gasteiger partial charge in [-0.2, -0.15) is 11.8 Å². The monoisotopic (exact) mass is 285 g/mol. The number of nitrogens with one attached hydrogen (secondary N) is 1. The Bertz CT molecular complexity index is 588. The molecule has 0 amide bonds. The molecule has 0 aliphatic heterocycles. The molecule has 1 N–H and O–H groups in total. The number of aromatic nitrogens is 3. The van der Waals surface area contributed by atoms with Crippen LogP contribution in [0, 0.1) is 4.77 Å². The van der Waals surface area contributed by atoms with Crippen molar-refractivity contribution >= 4 is 46.7 Å². The summed E-state index contributed by atoms with van der Waals surface area (Å²) in [6.07, 6.45) is 3.54. The van der Waals surface area contributed by atoms with E-state index in [1.54, 1.807) is 6.20 Å². The Labute approximate surface area is 114 Å². The second kappa shape index (κ2) is 5.71. The number of halogens is 1. The molecule has 0 aliphatic carbocycles. The minimum absolute atomic E-state index is 0.613. The van der Waals surface area contributed by atoms with Crippen LogP contribution in [0.3, 0.4) is 0 Å². The highest BCUT2D eigenvalue weighted by atomic mass is 35.5. The smallest absolute Gasteiger partial charge is 0.179 e. The van der Waals surface area contributed by atoms with Gasteiger partial charge in [0.15, 0.2) is 10.4 Å². The third-order valence-corrected chi connectivity index (χ3v) is 3.74. The average Bonchev–Trinajstić information content (AvgIpc) is 2.60. The molecule has 0 aromatic carbocycles. The molecule has 2 aromatic heterocycles. The Balaban J connectivity index is 2.24. The van der Waals surface area contributed by atoms with Crippen LogP contribution in [0.15, 0.2) is 24.9 Å². The molecule has 6 heteroatoms. The summed E-state index contributed by atoms with van der Waals surface area (Å²) < 4.78 is 2.69. The van der Waals surface area contributed by atoms with Crippen LogP contribution in [-0.2, 0) is 6.54 Å². The Morgan fingerprint density at radius 3 is 3.24 bits per heavy atom. The highest BCUT2D eigenvalue weighted by molar-refractivity contribution is 7.99. The van der Waals surface area contributed by atoms with Gasteiger partial charge >= 0.3 is 0 Å². The number of aryl methyl sites for hydroxylation is 1. The summed E-state index contributed by atoms with van der Waals surface area (Å²) in [5, 5.41) is 0.613. The van der Waals surface area contributed by atoms with Crippen LogP contribution in [0.4, 0.5) is 0 Å². The summed E-state index contributed by atoms with van der Waals surface area (Å²) >= 11 is 13.0. The molecule has 0 fully saturated rings. The summed E-state index contributed by atoms with van der Waals surface area (Å²) in [6.45, 7) is 4.53. The van der Waals surface area contributed by atoms with Crippen LogP contribution in [-0.4, -0.2) is 26.0 Å². The normalized spacial score (nSPS) is 10.9. The highest BCUT2D eigenvalue weighted by Gasteiger charge is 2.05. The molecule has 17 heavy (non-hydrogen) atoms. The van der Waals surface area contributed by atoms with Gasteiger partial charge in [0.05, 0.1) is 10.5 Å². The largest absolute Gasteiger partial charge is 0.329 e. The van der Waals surface area contributed by atoms with Gasteiger partial charge in [-0.15, -0.1) is 6.58 Å². The molecular weight excluding hydrogens is 274 g/mol. The molecule has 0 saturated carbocycles. The van der Waals surface area contributed by atoms with Crippen molar-refractivity contribution in [3.05, 3.63) is 34.7 Å². The van der Waals surface area contributed by atoms with Gasteiger partial charge in [-0.25, -0.2) is 4.98 Å². The number of pyridine rings is 1. The van der Waals surface area contributed by atoms with E-state index in [2.05, 4.69) is 16.5 Å². The molecule has 0 aliphatic rings. The van der Waals surface area contributed by atoms with E-state index < -0.39 is 0 Å². The molecule has 0 spiro atoms. The number of fused-ring (bicyclic) bond motifs is 1. The van der Waals surface area contributed by atoms with E-state index in [0.717, 1.165) is 29.2 Å². The summed E-state index contributed by atoms with van der Waals surface area (Å²) in [6, 6.07) is 1.84. The van der Waals surface area contributed by atoms with Gasteiger partial charge < -0.3 is 9.55 Å². The predicted molar refractivity (Wildman–Crippen MR) is 77.4 cm³/mol. The quantitative estimate of drug-likeness (QED) is 0.517. The fourth-order valence-electron chi connectivity index (χ4n) is 1.55. The number of hydrogen-bond donors (Lipinski definition) is 1. The number of thioether (sulfide) groups is 1. The van der Waals surface area contributed by atoms with Gasteiger partial charge in [-0.05, 0) is 18.3 Å². The second-order valence-electron chi connectivity index (χ2n) is 3.47. The summed E-state index contributed by atoms with van der Waals surface area (Å²) in [4.78, 5) is 7.41. The molecule has 90 valence electrons. The maximum Gasteiger partial charge on any atom is 0.179 e. The lowest BCUT2D eigenvalue weighted by molar-refractivity contribution is 0.775. The first kappa shape index (κ1) is 12.7. The van der Waals surface area contributed by atoms with Crippen molar-refractivity contribution in [1.82, 2.24) is 14.5 Å². The van der Waals surface area contributed by atoms with Crippen molar-refractivity contribution in [1.29, 1.82) is 0 Å². The topological polar surface area (TPSA) is 33.6 Å². The minimum atomic E-state index is 0.613. The van der Waals surface area contributed by atoms with Gasteiger partial charge in [0.2, 0.25) is 0 Å². The van der Waals surface area contributed by atoms with E-state index in [1.165, 1.54) is 0 Å². The van der Waals surface area contributed by atoms with E-state index in [-0.39, 0.29) is 0 Å². The highest BCUT2D eigenvalue weighted by Crippen LogP contribution is 2.16. The molecule has 2 rings (SSSR count). The summed E-state index contributed by atoms with van der Waals surface area (Å²) in [7, 11) is 0. The molecule has 3 nitrogen and oxygen atoms in total. The maximum absolute atomic E-state index is 5.88. The lowest BCUT2D eigenvalue weighted by Gasteiger charge is -2.02. The van der Waals surface area contributed by atoms with E-state index in [1.807, 2.05) is 28.5 Å². The fourth-order valence-corrected chi connectivity index (χ4v) is 2.64. The summed E-state index contributed by atoms with van der Waals surface area (Å²) in [5.41, 5.74) is 1.75.